The molecular formula is C12H19N3O3S. The van der Waals surface area contributed by atoms with E-state index in [2.05, 4.69) is 10.0 Å². The van der Waals surface area contributed by atoms with Crippen LogP contribution in [-0.2, 0) is 14.8 Å². The Morgan fingerprint density at radius 3 is 2.42 bits per heavy atom. The Morgan fingerprint density at radius 1 is 1.26 bits per heavy atom. The van der Waals surface area contributed by atoms with E-state index in [9.17, 15) is 13.2 Å². The maximum Gasteiger partial charge on any atom is 0.240 e. The lowest BCUT2D eigenvalue weighted by Crippen LogP contribution is -2.24. The minimum absolute atomic E-state index is 0.178. The van der Waals surface area contributed by atoms with Gasteiger partial charge in [-0.05, 0) is 30.7 Å². The van der Waals surface area contributed by atoms with Gasteiger partial charge < -0.3 is 11.1 Å². The number of sulfonamides is 1. The van der Waals surface area contributed by atoms with E-state index in [1.165, 1.54) is 12.1 Å². The molecule has 0 spiro atoms. The van der Waals surface area contributed by atoms with Crippen LogP contribution in [-0.4, -0.2) is 27.4 Å². The summed E-state index contributed by atoms with van der Waals surface area (Å²) >= 11 is 0. The Morgan fingerprint density at radius 2 is 1.89 bits per heavy atom. The maximum atomic E-state index is 11.8. The number of nitrogens with one attached hydrogen (secondary N) is 2. The first-order valence-corrected chi connectivity index (χ1v) is 7.57. The highest BCUT2D eigenvalue weighted by atomic mass is 32.2. The van der Waals surface area contributed by atoms with E-state index >= 15 is 0 Å². The Balaban J connectivity index is 2.73. The van der Waals surface area contributed by atoms with E-state index in [4.69, 9.17) is 5.73 Å². The number of anilines is 1. The molecule has 1 amide bonds. The van der Waals surface area contributed by atoms with Crippen LogP contribution in [0.1, 0.15) is 19.8 Å². The van der Waals surface area contributed by atoms with Crippen LogP contribution in [0.4, 0.5) is 5.69 Å². The van der Waals surface area contributed by atoms with Crippen molar-refractivity contribution in [1.82, 2.24) is 4.72 Å². The van der Waals surface area contributed by atoms with E-state index in [0.29, 0.717) is 12.2 Å². The number of rotatable bonds is 7. The van der Waals surface area contributed by atoms with E-state index in [1.807, 2.05) is 6.92 Å². The molecule has 0 atom stereocenters. The van der Waals surface area contributed by atoms with Gasteiger partial charge in [-0.25, -0.2) is 13.1 Å². The number of hydrogen-bond acceptors (Lipinski definition) is 4. The van der Waals surface area contributed by atoms with Crippen LogP contribution in [0, 0.1) is 0 Å². The topological polar surface area (TPSA) is 101 Å². The minimum atomic E-state index is -3.46. The normalized spacial score (nSPS) is 11.3. The second-order valence-corrected chi connectivity index (χ2v) is 5.78. The van der Waals surface area contributed by atoms with Gasteiger partial charge in [0.15, 0.2) is 0 Å². The fourth-order valence-electron chi connectivity index (χ4n) is 1.39. The number of amides is 1. The summed E-state index contributed by atoms with van der Waals surface area (Å²) in [5.74, 6) is -0.192. The maximum absolute atomic E-state index is 11.8. The van der Waals surface area contributed by atoms with E-state index in [1.54, 1.807) is 12.1 Å². The first-order chi connectivity index (χ1) is 8.99. The molecule has 0 radical (unpaired) electrons. The van der Waals surface area contributed by atoms with Crippen molar-refractivity contribution in [2.45, 2.75) is 24.7 Å². The van der Waals surface area contributed by atoms with Gasteiger partial charge >= 0.3 is 0 Å². The lowest BCUT2D eigenvalue weighted by atomic mass is 10.3. The van der Waals surface area contributed by atoms with Crippen LogP contribution < -0.4 is 15.8 Å². The van der Waals surface area contributed by atoms with Gasteiger partial charge in [0.25, 0.3) is 0 Å². The first-order valence-electron chi connectivity index (χ1n) is 6.09. The third kappa shape index (κ3) is 4.98. The summed E-state index contributed by atoms with van der Waals surface area (Å²) in [6.45, 7) is 2.56. The highest BCUT2D eigenvalue weighted by molar-refractivity contribution is 7.89. The lowest BCUT2D eigenvalue weighted by Gasteiger charge is -2.07. The molecular weight excluding hydrogens is 266 g/mol. The van der Waals surface area contributed by atoms with Gasteiger partial charge in [-0.3, -0.25) is 4.79 Å². The summed E-state index contributed by atoms with van der Waals surface area (Å²) in [6, 6.07) is 6.01. The molecule has 0 aliphatic rings. The summed E-state index contributed by atoms with van der Waals surface area (Å²) in [5, 5.41) is 2.63. The summed E-state index contributed by atoms with van der Waals surface area (Å²) in [5.41, 5.74) is 5.81. The highest BCUT2D eigenvalue weighted by Gasteiger charge is 2.12. The number of hydrogen-bond donors (Lipinski definition) is 3. The van der Waals surface area contributed by atoms with Crippen molar-refractivity contribution < 1.29 is 13.2 Å². The van der Waals surface area contributed by atoms with Gasteiger partial charge in [-0.15, -0.1) is 0 Å². The average Bonchev–Trinajstić information content (AvgIpc) is 2.37. The van der Waals surface area contributed by atoms with Gasteiger partial charge in [0.1, 0.15) is 0 Å². The molecule has 0 aliphatic carbocycles. The highest BCUT2D eigenvalue weighted by Crippen LogP contribution is 2.14. The summed E-state index contributed by atoms with van der Waals surface area (Å²) < 4.78 is 26.1. The molecule has 1 rings (SSSR count). The molecule has 4 N–H and O–H groups in total. The molecule has 0 aromatic heterocycles. The quantitative estimate of drug-likeness (QED) is 0.685. The zero-order chi connectivity index (χ0) is 14.3. The number of carbonyl (C=O) groups excluding carboxylic acids is 1. The van der Waals surface area contributed by atoms with Crippen LogP contribution in [0.3, 0.4) is 0 Å². The van der Waals surface area contributed by atoms with Crippen LogP contribution >= 0.6 is 0 Å². The lowest BCUT2D eigenvalue weighted by molar-refractivity contribution is -0.116. The molecule has 0 fully saturated rings. The summed E-state index contributed by atoms with van der Waals surface area (Å²) in [6.07, 6.45) is 0.963. The molecule has 0 bridgehead atoms. The second kappa shape index (κ2) is 7.22. The largest absolute Gasteiger partial charge is 0.330 e. The Kier molecular flexibility index (Phi) is 5.94. The van der Waals surface area contributed by atoms with Gasteiger partial charge in [-0.2, -0.15) is 0 Å². The minimum Gasteiger partial charge on any atom is -0.330 e. The van der Waals surface area contributed by atoms with Crippen molar-refractivity contribution in [1.29, 1.82) is 0 Å². The SMILES string of the molecule is CCCNS(=O)(=O)c1ccc(NC(=O)CCN)cc1. The van der Waals surface area contributed by atoms with Crippen molar-refractivity contribution in [2.24, 2.45) is 5.73 Å². The monoisotopic (exact) mass is 285 g/mol. The van der Waals surface area contributed by atoms with Gasteiger partial charge in [0.2, 0.25) is 15.9 Å². The number of benzene rings is 1. The molecule has 1 aromatic carbocycles. The summed E-state index contributed by atoms with van der Waals surface area (Å²) in [4.78, 5) is 11.5. The van der Waals surface area contributed by atoms with Crippen LogP contribution in [0.2, 0.25) is 0 Å². The molecule has 0 aliphatic heterocycles. The third-order valence-corrected chi connectivity index (χ3v) is 3.84. The Hall–Kier alpha value is -1.44. The van der Waals surface area contributed by atoms with Crippen LogP contribution in [0.5, 0.6) is 0 Å². The molecule has 0 saturated carbocycles. The van der Waals surface area contributed by atoms with Crippen LogP contribution in [0.25, 0.3) is 0 Å². The van der Waals surface area contributed by atoms with E-state index in [-0.39, 0.29) is 23.8 Å². The van der Waals surface area contributed by atoms with Crippen molar-refractivity contribution >= 4 is 21.6 Å². The van der Waals surface area contributed by atoms with E-state index < -0.39 is 10.0 Å². The van der Waals surface area contributed by atoms with Crippen molar-refractivity contribution in [3.63, 3.8) is 0 Å². The number of carbonyl (C=O) groups is 1. The molecule has 7 heteroatoms. The smallest absolute Gasteiger partial charge is 0.240 e. The average molecular weight is 285 g/mol. The molecule has 106 valence electrons. The molecule has 6 nitrogen and oxygen atoms in total. The predicted molar refractivity (Wildman–Crippen MR) is 74.2 cm³/mol. The molecule has 0 saturated heterocycles. The van der Waals surface area contributed by atoms with Crippen molar-refractivity contribution in [2.75, 3.05) is 18.4 Å². The summed E-state index contributed by atoms with van der Waals surface area (Å²) in [7, 11) is -3.46. The zero-order valence-electron chi connectivity index (χ0n) is 10.8. The fourth-order valence-corrected chi connectivity index (χ4v) is 2.53. The first kappa shape index (κ1) is 15.6. The van der Waals surface area contributed by atoms with E-state index in [0.717, 1.165) is 6.42 Å². The second-order valence-electron chi connectivity index (χ2n) is 4.01. The Labute approximate surface area is 113 Å². The molecule has 0 unspecified atom stereocenters. The molecule has 0 heterocycles. The van der Waals surface area contributed by atoms with Gasteiger partial charge in [0.05, 0.1) is 4.90 Å². The van der Waals surface area contributed by atoms with Gasteiger partial charge in [-0.1, -0.05) is 6.92 Å². The van der Waals surface area contributed by atoms with Crippen molar-refractivity contribution in [3.05, 3.63) is 24.3 Å². The predicted octanol–water partition coefficient (Wildman–Crippen LogP) is 0.662. The standard InChI is InChI=1S/C12H19N3O3S/c1-2-9-14-19(17,18)11-5-3-10(4-6-11)15-12(16)7-8-13/h3-6,14H,2,7-9,13H2,1H3,(H,15,16). The third-order valence-electron chi connectivity index (χ3n) is 2.36. The fraction of sp³-hybridized carbons (Fsp3) is 0.417. The number of nitrogens with two attached hydrogens (primary N) is 1. The van der Waals surface area contributed by atoms with Crippen molar-refractivity contribution in [3.8, 4) is 0 Å². The van der Waals surface area contributed by atoms with Gasteiger partial charge in [0, 0.05) is 25.2 Å². The molecule has 1 aromatic rings. The zero-order valence-corrected chi connectivity index (χ0v) is 11.7. The van der Waals surface area contributed by atoms with Crippen LogP contribution in [0.15, 0.2) is 29.2 Å². The Bertz CT molecular complexity index is 512. The molecule has 19 heavy (non-hydrogen) atoms.